The van der Waals surface area contributed by atoms with Gasteiger partial charge in [0.05, 0.1) is 6.10 Å². The van der Waals surface area contributed by atoms with E-state index in [0.717, 1.165) is 13.0 Å². The van der Waals surface area contributed by atoms with Crippen molar-refractivity contribution in [3.05, 3.63) is 0 Å². The fraction of sp³-hybridized carbons (Fsp3) is 1.00. The van der Waals surface area contributed by atoms with E-state index >= 15 is 0 Å². The molecule has 0 spiro atoms. The predicted molar refractivity (Wildman–Crippen MR) is 40.4 cm³/mol. The number of hydrogen-bond acceptors (Lipinski definition) is 3. The molecule has 1 heterocycles. The largest absolute Gasteiger partial charge is 0.304 e. The molecule has 1 unspecified atom stereocenters. The van der Waals surface area contributed by atoms with Gasteiger partial charge in [-0.05, 0) is 32.9 Å². The quantitative estimate of drug-likeness (QED) is 0.540. The highest BCUT2D eigenvalue weighted by Crippen LogP contribution is 2.10. The summed E-state index contributed by atoms with van der Waals surface area (Å²) >= 11 is 0. The van der Waals surface area contributed by atoms with Crippen LogP contribution in [0, 0.1) is 0 Å². The molecule has 0 saturated carbocycles. The van der Waals surface area contributed by atoms with Crippen molar-refractivity contribution in [2.75, 3.05) is 20.1 Å². The summed E-state index contributed by atoms with van der Waals surface area (Å²) in [5.41, 5.74) is 0. The van der Waals surface area contributed by atoms with E-state index in [2.05, 4.69) is 11.9 Å². The van der Waals surface area contributed by atoms with E-state index in [1.807, 2.05) is 0 Å². The normalized spacial score (nSPS) is 30.0. The van der Waals surface area contributed by atoms with E-state index in [-0.39, 0.29) is 6.10 Å². The topological polar surface area (TPSA) is 38.5 Å². The smallest absolute Gasteiger partial charge is 0.0913 e. The van der Waals surface area contributed by atoms with Gasteiger partial charge in [-0.15, -0.1) is 0 Å². The van der Waals surface area contributed by atoms with E-state index in [0.29, 0.717) is 0 Å². The van der Waals surface area contributed by atoms with Crippen molar-refractivity contribution in [3.63, 3.8) is 0 Å². The van der Waals surface area contributed by atoms with Gasteiger partial charge in [0, 0.05) is 6.54 Å². The van der Waals surface area contributed by atoms with Gasteiger partial charge in [-0.25, -0.2) is 5.90 Å². The molecule has 0 radical (unpaired) electrons. The molecule has 1 rings (SSSR count). The molecule has 0 aliphatic carbocycles. The molecular weight excluding hydrogens is 128 g/mol. The van der Waals surface area contributed by atoms with E-state index in [9.17, 15) is 0 Å². The summed E-state index contributed by atoms with van der Waals surface area (Å²) in [6.07, 6.45) is 3.89. The van der Waals surface area contributed by atoms with Crippen molar-refractivity contribution in [1.29, 1.82) is 0 Å². The first kappa shape index (κ1) is 7.98. The molecule has 10 heavy (non-hydrogen) atoms. The Bertz CT molecular complexity index is 97.6. The molecule has 1 aliphatic rings. The van der Waals surface area contributed by atoms with Crippen LogP contribution in [0.3, 0.4) is 0 Å². The summed E-state index contributed by atoms with van der Waals surface area (Å²) in [7, 11) is 2.11. The number of hydrogen-bond donors (Lipinski definition) is 1. The van der Waals surface area contributed by atoms with Gasteiger partial charge in [-0.2, -0.15) is 0 Å². The van der Waals surface area contributed by atoms with Gasteiger partial charge in [0.25, 0.3) is 0 Å². The average Bonchev–Trinajstić information content (AvgIpc) is 2.13. The third-order valence-corrected chi connectivity index (χ3v) is 2.02. The van der Waals surface area contributed by atoms with Crippen molar-refractivity contribution in [2.24, 2.45) is 5.90 Å². The standard InChI is InChI=1S/C7H16N2O/c1-9-5-3-2-4-7(6-9)10-8/h7H,2-6,8H2,1H3. The van der Waals surface area contributed by atoms with Crippen molar-refractivity contribution in [2.45, 2.75) is 25.4 Å². The molecular formula is C7H16N2O. The lowest BCUT2D eigenvalue weighted by atomic mass is 10.2. The highest BCUT2D eigenvalue weighted by molar-refractivity contribution is 4.67. The minimum Gasteiger partial charge on any atom is -0.304 e. The van der Waals surface area contributed by atoms with Gasteiger partial charge in [-0.1, -0.05) is 0 Å². The summed E-state index contributed by atoms with van der Waals surface area (Å²) in [5, 5.41) is 0. The summed E-state index contributed by atoms with van der Waals surface area (Å²) in [6.45, 7) is 2.16. The summed E-state index contributed by atoms with van der Waals surface area (Å²) < 4.78 is 0. The SMILES string of the molecule is CN1CCCCC(ON)C1. The van der Waals surface area contributed by atoms with E-state index in [1.54, 1.807) is 0 Å². The molecule has 1 atom stereocenters. The van der Waals surface area contributed by atoms with Crippen molar-refractivity contribution in [3.8, 4) is 0 Å². The van der Waals surface area contributed by atoms with Crippen LogP contribution in [-0.4, -0.2) is 31.1 Å². The van der Waals surface area contributed by atoms with Gasteiger partial charge in [0.15, 0.2) is 0 Å². The molecule has 60 valence electrons. The second kappa shape index (κ2) is 3.91. The maximum atomic E-state index is 5.11. The van der Waals surface area contributed by atoms with Crippen LogP contribution in [0.15, 0.2) is 0 Å². The number of likely N-dealkylation sites (N-methyl/N-ethyl adjacent to an activating group) is 1. The van der Waals surface area contributed by atoms with Gasteiger partial charge in [0.2, 0.25) is 0 Å². The summed E-state index contributed by atoms with van der Waals surface area (Å²) in [4.78, 5) is 7.07. The third-order valence-electron chi connectivity index (χ3n) is 2.02. The zero-order chi connectivity index (χ0) is 7.40. The zero-order valence-electron chi connectivity index (χ0n) is 6.55. The predicted octanol–water partition coefficient (Wildman–Crippen LogP) is 0.361. The molecule has 0 aromatic rings. The molecule has 1 saturated heterocycles. The first-order valence-corrected chi connectivity index (χ1v) is 3.87. The third kappa shape index (κ3) is 2.25. The van der Waals surface area contributed by atoms with Gasteiger partial charge < -0.3 is 4.90 Å². The van der Waals surface area contributed by atoms with Crippen LogP contribution >= 0.6 is 0 Å². The van der Waals surface area contributed by atoms with Crippen LogP contribution in [0.4, 0.5) is 0 Å². The highest BCUT2D eigenvalue weighted by Gasteiger charge is 2.14. The lowest BCUT2D eigenvalue weighted by Crippen LogP contribution is -2.30. The van der Waals surface area contributed by atoms with E-state index < -0.39 is 0 Å². The zero-order valence-corrected chi connectivity index (χ0v) is 6.55. The number of likely N-dealkylation sites (tertiary alicyclic amines) is 1. The lowest BCUT2D eigenvalue weighted by molar-refractivity contribution is 0.0331. The number of nitrogens with two attached hydrogens (primary N) is 1. The second-order valence-corrected chi connectivity index (χ2v) is 3.02. The van der Waals surface area contributed by atoms with Gasteiger partial charge >= 0.3 is 0 Å². The van der Waals surface area contributed by atoms with Crippen LogP contribution < -0.4 is 5.90 Å². The minimum atomic E-state index is 0.257. The van der Waals surface area contributed by atoms with Crippen LogP contribution in [0.2, 0.25) is 0 Å². The molecule has 1 aliphatic heterocycles. The van der Waals surface area contributed by atoms with Gasteiger partial charge in [-0.3, -0.25) is 4.84 Å². The van der Waals surface area contributed by atoms with Crippen LogP contribution in [-0.2, 0) is 4.84 Å². The van der Waals surface area contributed by atoms with Crippen molar-refractivity contribution in [1.82, 2.24) is 4.90 Å². The van der Waals surface area contributed by atoms with E-state index in [4.69, 9.17) is 10.7 Å². The molecule has 3 heteroatoms. The number of nitrogens with zero attached hydrogens (tertiary/aromatic N) is 1. The fourth-order valence-corrected chi connectivity index (χ4v) is 1.40. The Morgan fingerprint density at radius 3 is 3.00 bits per heavy atom. The lowest BCUT2D eigenvalue weighted by Gasteiger charge is -2.17. The average molecular weight is 144 g/mol. The Morgan fingerprint density at radius 2 is 2.30 bits per heavy atom. The Labute approximate surface area is 62.1 Å². The monoisotopic (exact) mass is 144 g/mol. The summed E-state index contributed by atoms with van der Waals surface area (Å²) in [6, 6.07) is 0. The molecule has 0 aromatic heterocycles. The maximum absolute atomic E-state index is 5.11. The Hall–Kier alpha value is -0.120. The molecule has 0 amide bonds. The molecule has 1 fully saturated rings. The fourth-order valence-electron chi connectivity index (χ4n) is 1.40. The first-order chi connectivity index (χ1) is 4.83. The Balaban J connectivity index is 2.30. The maximum Gasteiger partial charge on any atom is 0.0913 e. The first-order valence-electron chi connectivity index (χ1n) is 3.87. The molecule has 3 nitrogen and oxygen atoms in total. The van der Waals surface area contributed by atoms with Crippen LogP contribution in [0.1, 0.15) is 19.3 Å². The van der Waals surface area contributed by atoms with Crippen LogP contribution in [0.5, 0.6) is 0 Å². The van der Waals surface area contributed by atoms with Crippen molar-refractivity contribution < 1.29 is 4.84 Å². The molecule has 0 bridgehead atoms. The molecule has 0 aromatic carbocycles. The molecule has 2 N–H and O–H groups in total. The second-order valence-electron chi connectivity index (χ2n) is 3.02. The summed E-state index contributed by atoms with van der Waals surface area (Å²) in [5.74, 6) is 5.11. The van der Waals surface area contributed by atoms with Gasteiger partial charge in [0.1, 0.15) is 0 Å². The highest BCUT2D eigenvalue weighted by atomic mass is 16.6. The minimum absolute atomic E-state index is 0.257. The van der Waals surface area contributed by atoms with E-state index in [1.165, 1.54) is 19.4 Å². The Morgan fingerprint density at radius 1 is 1.50 bits per heavy atom. The number of rotatable bonds is 1. The van der Waals surface area contributed by atoms with Crippen LogP contribution in [0.25, 0.3) is 0 Å². The van der Waals surface area contributed by atoms with Crippen molar-refractivity contribution >= 4 is 0 Å². The Kier molecular flexibility index (Phi) is 3.12.